The van der Waals surface area contributed by atoms with E-state index in [0.29, 0.717) is 0 Å². The van der Waals surface area contributed by atoms with Crippen LogP contribution in [0, 0.1) is 0 Å². The van der Waals surface area contributed by atoms with Crippen molar-refractivity contribution in [1.29, 1.82) is 0 Å². The largest absolute Gasteiger partial charge is 0.398 e. The minimum Gasteiger partial charge on any atom is -0.398 e. The zero-order valence-corrected chi connectivity index (χ0v) is 12.4. The van der Waals surface area contributed by atoms with Gasteiger partial charge in [-0.3, -0.25) is 0 Å². The lowest BCUT2D eigenvalue weighted by atomic mass is 10.2. The molecular weight excluding hydrogens is 324 g/mol. The van der Waals surface area contributed by atoms with Crippen molar-refractivity contribution in [2.24, 2.45) is 0 Å². The fraction of sp³-hybridized carbons (Fsp3) is 0.0667. The van der Waals surface area contributed by atoms with Crippen molar-refractivity contribution in [1.82, 2.24) is 4.57 Å². The molecule has 2 nitrogen and oxygen atoms in total. The highest BCUT2D eigenvalue weighted by atomic mass is 79.9. The average molecular weight is 336 g/mol. The van der Waals surface area contributed by atoms with E-state index < -0.39 is 0 Å². The van der Waals surface area contributed by atoms with E-state index in [1.54, 1.807) is 0 Å². The first kappa shape index (κ1) is 12.6. The minimum absolute atomic E-state index is 0.735. The summed E-state index contributed by atoms with van der Waals surface area (Å²) >= 11 is 9.68. The number of halogens is 2. The molecule has 0 radical (unpaired) electrons. The Balaban J connectivity index is 2.04. The van der Waals surface area contributed by atoms with Gasteiger partial charge in [-0.25, -0.2) is 0 Å². The van der Waals surface area contributed by atoms with Crippen LogP contribution in [-0.4, -0.2) is 4.57 Å². The van der Waals surface area contributed by atoms with Crippen LogP contribution in [0.15, 0.2) is 53.1 Å². The maximum Gasteiger partial charge on any atom is 0.0504 e. The standard InChI is InChI=1S/C15H12BrClN2/c16-11-5-4-10(13(17)8-11)9-19-7-6-12-14(18)2-1-3-15(12)19/h1-8H,9,18H2. The van der Waals surface area contributed by atoms with Crippen molar-refractivity contribution >= 4 is 44.1 Å². The number of aromatic nitrogens is 1. The number of benzene rings is 2. The lowest BCUT2D eigenvalue weighted by Crippen LogP contribution is -1.98. The summed E-state index contributed by atoms with van der Waals surface area (Å²) in [5.41, 5.74) is 8.98. The van der Waals surface area contributed by atoms with E-state index in [1.807, 2.05) is 42.6 Å². The number of nitrogens with two attached hydrogens (primary N) is 1. The van der Waals surface area contributed by atoms with Gasteiger partial charge in [-0.15, -0.1) is 0 Å². The highest BCUT2D eigenvalue weighted by molar-refractivity contribution is 9.10. The first-order valence-electron chi connectivity index (χ1n) is 5.92. The Morgan fingerprint density at radius 3 is 2.79 bits per heavy atom. The van der Waals surface area contributed by atoms with Gasteiger partial charge in [0.2, 0.25) is 0 Å². The molecule has 19 heavy (non-hydrogen) atoms. The van der Waals surface area contributed by atoms with Crippen molar-refractivity contribution in [3.8, 4) is 0 Å². The summed E-state index contributed by atoms with van der Waals surface area (Å²) in [6.45, 7) is 0.735. The predicted molar refractivity (Wildman–Crippen MR) is 84.6 cm³/mol. The number of hydrogen-bond donors (Lipinski definition) is 1. The minimum atomic E-state index is 0.735. The fourth-order valence-corrected chi connectivity index (χ4v) is 2.95. The predicted octanol–water partition coefficient (Wildman–Crippen LogP) is 4.69. The molecule has 0 aliphatic rings. The van der Waals surface area contributed by atoms with Gasteiger partial charge in [0.25, 0.3) is 0 Å². The Kier molecular flexibility index (Phi) is 3.25. The molecule has 0 atom stereocenters. The van der Waals surface area contributed by atoms with Gasteiger partial charge in [0.15, 0.2) is 0 Å². The highest BCUT2D eigenvalue weighted by Gasteiger charge is 2.06. The number of nitrogen functional groups attached to an aromatic ring is 1. The van der Waals surface area contributed by atoms with Gasteiger partial charge in [-0.2, -0.15) is 0 Å². The number of fused-ring (bicyclic) bond motifs is 1. The molecule has 1 aromatic heterocycles. The Labute approximate surface area is 124 Å². The van der Waals surface area contributed by atoms with Crippen LogP contribution in [0.2, 0.25) is 5.02 Å². The van der Waals surface area contributed by atoms with Crippen molar-refractivity contribution in [3.63, 3.8) is 0 Å². The molecule has 0 saturated heterocycles. The maximum atomic E-state index is 6.26. The van der Waals surface area contributed by atoms with Crippen molar-refractivity contribution in [2.75, 3.05) is 5.73 Å². The van der Waals surface area contributed by atoms with Crippen LogP contribution in [0.1, 0.15) is 5.56 Å². The first-order chi connectivity index (χ1) is 9.15. The third-order valence-corrected chi connectivity index (χ3v) is 4.05. The summed E-state index contributed by atoms with van der Waals surface area (Å²) in [6.07, 6.45) is 2.04. The van der Waals surface area contributed by atoms with Gasteiger partial charge in [0.1, 0.15) is 0 Å². The molecule has 0 fully saturated rings. The lowest BCUT2D eigenvalue weighted by molar-refractivity contribution is 0.837. The van der Waals surface area contributed by atoms with Crippen LogP contribution >= 0.6 is 27.5 Å². The Morgan fingerprint density at radius 1 is 1.16 bits per heavy atom. The van der Waals surface area contributed by atoms with E-state index in [1.165, 1.54) is 0 Å². The third-order valence-electron chi connectivity index (χ3n) is 3.20. The SMILES string of the molecule is Nc1cccc2c1ccn2Cc1ccc(Br)cc1Cl. The molecule has 0 unspecified atom stereocenters. The van der Waals surface area contributed by atoms with Crippen LogP contribution in [0.5, 0.6) is 0 Å². The van der Waals surface area contributed by atoms with Gasteiger partial charge >= 0.3 is 0 Å². The van der Waals surface area contributed by atoms with Crippen LogP contribution in [-0.2, 0) is 6.54 Å². The lowest BCUT2D eigenvalue weighted by Gasteiger charge is -2.08. The Bertz CT molecular complexity index is 749. The zero-order chi connectivity index (χ0) is 13.4. The second kappa shape index (κ2) is 4.91. The van der Waals surface area contributed by atoms with Crippen LogP contribution in [0.3, 0.4) is 0 Å². The second-order valence-corrected chi connectivity index (χ2v) is 5.78. The molecule has 4 heteroatoms. The topological polar surface area (TPSA) is 30.9 Å². The van der Waals surface area contributed by atoms with E-state index in [-0.39, 0.29) is 0 Å². The first-order valence-corrected chi connectivity index (χ1v) is 7.09. The molecule has 3 aromatic rings. The van der Waals surface area contributed by atoms with E-state index in [4.69, 9.17) is 17.3 Å². The van der Waals surface area contributed by atoms with Crippen molar-refractivity contribution < 1.29 is 0 Å². The van der Waals surface area contributed by atoms with Gasteiger partial charge in [0, 0.05) is 33.3 Å². The molecule has 1 heterocycles. The Hall–Kier alpha value is -1.45. The summed E-state index contributed by atoms with van der Waals surface area (Å²) in [5, 5.41) is 1.84. The maximum absolute atomic E-state index is 6.26. The molecule has 3 rings (SSSR count). The summed E-state index contributed by atoms with van der Waals surface area (Å²) < 4.78 is 3.14. The molecule has 0 aliphatic heterocycles. The third kappa shape index (κ3) is 2.36. The number of anilines is 1. The second-order valence-electron chi connectivity index (χ2n) is 4.46. The average Bonchev–Trinajstić information content (AvgIpc) is 2.78. The number of rotatable bonds is 2. The van der Waals surface area contributed by atoms with E-state index in [2.05, 4.69) is 26.6 Å². The monoisotopic (exact) mass is 334 g/mol. The summed E-state index contributed by atoms with van der Waals surface area (Å²) in [4.78, 5) is 0. The van der Waals surface area contributed by atoms with Gasteiger partial charge in [-0.1, -0.05) is 39.7 Å². The molecule has 0 spiro atoms. The van der Waals surface area contributed by atoms with Crippen LogP contribution in [0.4, 0.5) is 5.69 Å². The highest BCUT2D eigenvalue weighted by Crippen LogP contribution is 2.26. The zero-order valence-electron chi connectivity index (χ0n) is 10.1. The smallest absolute Gasteiger partial charge is 0.0504 e. The van der Waals surface area contributed by atoms with Crippen molar-refractivity contribution in [2.45, 2.75) is 6.54 Å². The molecule has 2 N–H and O–H groups in total. The van der Waals surface area contributed by atoms with Gasteiger partial charge in [-0.05, 0) is 35.9 Å². The van der Waals surface area contributed by atoms with E-state index >= 15 is 0 Å². The molecule has 0 amide bonds. The molecule has 96 valence electrons. The van der Waals surface area contributed by atoms with E-state index in [0.717, 1.165) is 38.2 Å². The van der Waals surface area contributed by atoms with E-state index in [9.17, 15) is 0 Å². The van der Waals surface area contributed by atoms with Gasteiger partial charge in [0.05, 0.1) is 5.52 Å². The summed E-state index contributed by atoms with van der Waals surface area (Å²) in [5.74, 6) is 0. The normalized spacial score (nSPS) is 11.1. The molecule has 2 aromatic carbocycles. The number of nitrogens with zero attached hydrogens (tertiary/aromatic N) is 1. The Morgan fingerprint density at radius 2 is 2.00 bits per heavy atom. The number of hydrogen-bond acceptors (Lipinski definition) is 1. The van der Waals surface area contributed by atoms with Crippen molar-refractivity contribution in [3.05, 3.63) is 63.7 Å². The van der Waals surface area contributed by atoms with Crippen LogP contribution in [0.25, 0.3) is 10.9 Å². The molecule has 0 saturated carbocycles. The molecule has 0 aliphatic carbocycles. The quantitative estimate of drug-likeness (QED) is 0.677. The van der Waals surface area contributed by atoms with Gasteiger partial charge < -0.3 is 10.3 Å². The van der Waals surface area contributed by atoms with Crippen LogP contribution < -0.4 is 5.73 Å². The molecule has 0 bridgehead atoms. The summed E-state index contributed by atoms with van der Waals surface area (Å²) in [6, 6.07) is 13.9. The summed E-state index contributed by atoms with van der Waals surface area (Å²) in [7, 11) is 0. The molecular formula is C15H12BrClN2. The fourth-order valence-electron chi connectivity index (χ4n) is 2.22.